The second kappa shape index (κ2) is 6.46. The predicted octanol–water partition coefficient (Wildman–Crippen LogP) is 2.66. The van der Waals surface area contributed by atoms with E-state index in [0.29, 0.717) is 6.04 Å². The van der Waals surface area contributed by atoms with E-state index in [2.05, 4.69) is 52.0 Å². The van der Waals surface area contributed by atoms with E-state index in [0.717, 1.165) is 61.2 Å². The van der Waals surface area contributed by atoms with Crippen molar-refractivity contribution in [2.24, 2.45) is 0 Å². The summed E-state index contributed by atoms with van der Waals surface area (Å²) in [6.07, 6.45) is 0.987. The molecule has 6 nitrogen and oxygen atoms in total. The highest BCUT2D eigenvalue weighted by Crippen LogP contribution is 2.33. The van der Waals surface area contributed by atoms with Gasteiger partial charge in [0, 0.05) is 36.5 Å². The Bertz CT molecular complexity index is 972. The Morgan fingerprint density at radius 3 is 2.63 bits per heavy atom. The minimum Gasteiger partial charge on any atom is -0.352 e. The SMILES string of the molecule is Cc1cc(C)n(C2CN(c3nc(-c4ccccc4)nc4c3CCNC4)C2)n1. The molecule has 0 unspecified atom stereocenters. The van der Waals surface area contributed by atoms with Crippen LogP contribution < -0.4 is 10.2 Å². The smallest absolute Gasteiger partial charge is 0.161 e. The number of hydrogen-bond acceptors (Lipinski definition) is 5. The lowest BCUT2D eigenvalue weighted by Gasteiger charge is -2.42. The molecule has 1 aromatic carbocycles. The molecule has 5 rings (SSSR count). The van der Waals surface area contributed by atoms with Gasteiger partial charge in [0.1, 0.15) is 5.82 Å². The lowest BCUT2D eigenvalue weighted by Crippen LogP contribution is -2.49. The largest absolute Gasteiger partial charge is 0.352 e. The highest BCUT2D eigenvalue weighted by molar-refractivity contribution is 5.62. The quantitative estimate of drug-likeness (QED) is 0.778. The summed E-state index contributed by atoms with van der Waals surface area (Å²) >= 11 is 0. The lowest BCUT2D eigenvalue weighted by atomic mass is 10.0. The normalized spacial score (nSPS) is 16.9. The summed E-state index contributed by atoms with van der Waals surface area (Å²) in [5.41, 5.74) is 5.83. The predicted molar refractivity (Wildman–Crippen MR) is 106 cm³/mol. The maximum absolute atomic E-state index is 4.99. The standard InChI is InChI=1S/C21H24N6/c1-14-10-15(2)27(25-14)17-12-26(13-17)21-18-8-9-22-11-19(18)23-20(24-21)16-6-4-3-5-7-16/h3-7,10,17,22H,8-9,11-13H2,1-2H3. The zero-order valence-electron chi connectivity index (χ0n) is 15.8. The fourth-order valence-corrected chi connectivity index (χ4v) is 4.12. The van der Waals surface area contributed by atoms with Crippen LogP contribution in [0.3, 0.4) is 0 Å². The van der Waals surface area contributed by atoms with Gasteiger partial charge in [-0.3, -0.25) is 4.68 Å². The monoisotopic (exact) mass is 360 g/mol. The highest BCUT2D eigenvalue weighted by atomic mass is 15.4. The zero-order valence-corrected chi connectivity index (χ0v) is 15.8. The molecule has 27 heavy (non-hydrogen) atoms. The zero-order chi connectivity index (χ0) is 18.4. The molecule has 3 aromatic rings. The molecule has 0 aliphatic carbocycles. The first-order valence-electron chi connectivity index (χ1n) is 9.62. The van der Waals surface area contributed by atoms with E-state index >= 15 is 0 Å². The molecule has 0 amide bonds. The Morgan fingerprint density at radius 1 is 1.07 bits per heavy atom. The summed E-state index contributed by atoms with van der Waals surface area (Å²) in [6.45, 7) is 7.90. The Labute approximate surface area is 159 Å². The second-order valence-corrected chi connectivity index (χ2v) is 7.52. The van der Waals surface area contributed by atoms with Gasteiger partial charge in [-0.2, -0.15) is 5.10 Å². The number of rotatable bonds is 3. The van der Waals surface area contributed by atoms with Crippen molar-refractivity contribution in [3.05, 3.63) is 59.0 Å². The first-order chi connectivity index (χ1) is 13.2. The molecule has 1 N–H and O–H groups in total. The number of hydrogen-bond donors (Lipinski definition) is 1. The van der Waals surface area contributed by atoms with Gasteiger partial charge in [-0.1, -0.05) is 30.3 Å². The van der Waals surface area contributed by atoms with Crippen LogP contribution >= 0.6 is 0 Å². The Hall–Kier alpha value is -2.73. The molecular formula is C21H24N6. The summed E-state index contributed by atoms with van der Waals surface area (Å²) in [5.74, 6) is 1.93. The number of nitrogens with one attached hydrogen (secondary N) is 1. The van der Waals surface area contributed by atoms with Crippen LogP contribution in [0.25, 0.3) is 11.4 Å². The molecule has 1 fully saturated rings. The van der Waals surface area contributed by atoms with Gasteiger partial charge in [0.25, 0.3) is 0 Å². The van der Waals surface area contributed by atoms with E-state index in [9.17, 15) is 0 Å². The van der Waals surface area contributed by atoms with Crippen molar-refractivity contribution < 1.29 is 0 Å². The number of nitrogens with zero attached hydrogens (tertiary/aromatic N) is 5. The molecule has 2 aliphatic heterocycles. The van der Waals surface area contributed by atoms with Crippen molar-refractivity contribution in [3.63, 3.8) is 0 Å². The van der Waals surface area contributed by atoms with E-state index in [1.807, 2.05) is 18.2 Å². The van der Waals surface area contributed by atoms with Crippen LogP contribution in [0, 0.1) is 13.8 Å². The summed E-state index contributed by atoms with van der Waals surface area (Å²) in [5, 5.41) is 8.10. The van der Waals surface area contributed by atoms with Crippen LogP contribution in [0.2, 0.25) is 0 Å². The van der Waals surface area contributed by atoms with Crippen LogP contribution in [0.4, 0.5) is 5.82 Å². The molecule has 2 aromatic heterocycles. The van der Waals surface area contributed by atoms with Crippen LogP contribution in [0.15, 0.2) is 36.4 Å². The number of fused-ring (bicyclic) bond motifs is 1. The van der Waals surface area contributed by atoms with E-state index in [1.165, 1.54) is 11.3 Å². The van der Waals surface area contributed by atoms with Crippen molar-refractivity contribution >= 4 is 5.82 Å². The van der Waals surface area contributed by atoms with Gasteiger partial charge in [-0.05, 0) is 32.9 Å². The first kappa shape index (κ1) is 16.4. The maximum Gasteiger partial charge on any atom is 0.161 e. The molecule has 6 heteroatoms. The Morgan fingerprint density at radius 2 is 1.89 bits per heavy atom. The minimum absolute atomic E-state index is 0.422. The van der Waals surface area contributed by atoms with Gasteiger partial charge < -0.3 is 10.2 Å². The van der Waals surface area contributed by atoms with Crippen molar-refractivity contribution in [2.45, 2.75) is 32.9 Å². The number of aromatic nitrogens is 4. The lowest BCUT2D eigenvalue weighted by molar-refractivity contribution is 0.357. The molecule has 0 atom stereocenters. The van der Waals surface area contributed by atoms with E-state index in [1.54, 1.807) is 0 Å². The third kappa shape index (κ3) is 2.90. The summed E-state index contributed by atoms with van der Waals surface area (Å²) in [4.78, 5) is 12.2. The van der Waals surface area contributed by atoms with Gasteiger partial charge in [0.2, 0.25) is 0 Å². The van der Waals surface area contributed by atoms with Gasteiger partial charge in [-0.25, -0.2) is 9.97 Å². The molecule has 138 valence electrons. The average molecular weight is 360 g/mol. The van der Waals surface area contributed by atoms with Crippen LogP contribution in [0.5, 0.6) is 0 Å². The average Bonchev–Trinajstić information content (AvgIpc) is 2.99. The second-order valence-electron chi connectivity index (χ2n) is 7.52. The molecule has 0 spiro atoms. The number of benzene rings is 1. The minimum atomic E-state index is 0.422. The molecule has 0 saturated carbocycles. The molecule has 4 heterocycles. The summed E-state index contributed by atoms with van der Waals surface area (Å²) in [6, 6.07) is 12.8. The van der Waals surface area contributed by atoms with Gasteiger partial charge in [0.05, 0.1) is 17.4 Å². The van der Waals surface area contributed by atoms with Gasteiger partial charge in [0.15, 0.2) is 5.82 Å². The fourth-order valence-electron chi connectivity index (χ4n) is 4.12. The van der Waals surface area contributed by atoms with Crippen molar-refractivity contribution in [1.29, 1.82) is 0 Å². The summed E-state index contributed by atoms with van der Waals surface area (Å²) < 4.78 is 2.17. The third-order valence-electron chi connectivity index (χ3n) is 5.50. The van der Waals surface area contributed by atoms with E-state index in [-0.39, 0.29) is 0 Å². The maximum atomic E-state index is 4.99. The highest BCUT2D eigenvalue weighted by Gasteiger charge is 2.33. The topological polar surface area (TPSA) is 58.9 Å². The Balaban J connectivity index is 1.48. The number of anilines is 1. The van der Waals surface area contributed by atoms with E-state index in [4.69, 9.17) is 9.97 Å². The van der Waals surface area contributed by atoms with Gasteiger partial charge >= 0.3 is 0 Å². The molecule has 0 radical (unpaired) electrons. The van der Waals surface area contributed by atoms with Crippen LogP contribution in [-0.2, 0) is 13.0 Å². The van der Waals surface area contributed by atoms with Crippen LogP contribution in [-0.4, -0.2) is 39.4 Å². The fraction of sp³-hybridized carbons (Fsp3) is 0.381. The van der Waals surface area contributed by atoms with Crippen molar-refractivity contribution in [3.8, 4) is 11.4 Å². The Kier molecular flexibility index (Phi) is 3.93. The van der Waals surface area contributed by atoms with Crippen molar-refractivity contribution in [1.82, 2.24) is 25.1 Å². The first-order valence-corrected chi connectivity index (χ1v) is 9.62. The molecule has 0 bridgehead atoms. The van der Waals surface area contributed by atoms with Crippen molar-refractivity contribution in [2.75, 3.05) is 24.5 Å². The third-order valence-corrected chi connectivity index (χ3v) is 5.50. The van der Waals surface area contributed by atoms with Crippen LogP contribution in [0.1, 0.15) is 28.7 Å². The molecule has 1 saturated heterocycles. The summed E-state index contributed by atoms with van der Waals surface area (Å²) in [7, 11) is 0. The molecular weight excluding hydrogens is 336 g/mol. The molecule has 2 aliphatic rings. The number of aryl methyl sites for hydroxylation is 2. The van der Waals surface area contributed by atoms with Gasteiger partial charge in [-0.15, -0.1) is 0 Å². The van der Waals surface area contributed by atoms with E-state index < -0.39 is 0 Å².